The van der Waals surface area contributed by atoms with Gasteiger partial charge >= 0.3 is 12.5 Å². The first-order valence-electron chi connectivity index (χ1n) is 11.5. The van der Waals surface area contributed by atoms with E-state index in [0.29, 0.717) is 37.6 Å². The Hall–Kier alpha value is -3.08. The number of aromatic nitrogens is 3. The number of allylic oxidation sites excluding steroid dienone is 1. The molecule has 8 nitrogen and oxygen atoms in total. The summed E-state index contributed by atoms with van der Waals surface area (Å²) in [6.45, 7) is 8.57. The van der Waals surface area contributed by atoms with Crippen LogP contribution >= 0.6 is 0 Å². The molecule has 1 N–H and O–H groups in total. The SMILES string of the molecule is CCCOCC(C)(C)OC(=O)NC1CCC(c2ncn(-c3ccc(OC(F)(F)F)cc3)n2)=CC1C. The van der Waals surface area contributed by atoms with Crippen LogP contribution in [-0.4, -0.2) is 52.1 Å². The van der Waals surface area contributed by atoms with Crippen LogP contribution in [-0.2, 0) is 9.47 Å². The number of rotatable bonds is 9. The summed E-state index contributed by atoms with van der Waals surface area (Å²) in [5, 5.41) is 7.40. The number of hydrogen-bond donors (Lipinski definition) is 1. The zero-order valence-electron chi connectivity index (χ0n) is 20.3. The maximum atomic E-state index is 12.4. The van der Waals surface area contributed by atoms with Gasteiger partial charge in [0.05, 0.1) is 12.3 Å². The first kappa shape index (κ1) is 26.5. The van der Waals surface area contributed by atoms with Crippen molar-refractivity contribution in [1.82, 2.24) is 20.1 Å². The molecule has 1 heterocycles. The van der Waals surface area contributed by atoms with Gasteiger partial charge < -0.3 is 19.5 Å². The van der Waals surface area contributed by atoms with Crippen LogP contribution in [0.4, 0.5) is 18.0 Å². The van der Waals surface area contributed by atoms with Crippen molar-refractivity contribution in [3.05, 3.63) is 42.5 Å². The lowest BCUT2D eigenvalue weighted by atomic mass is 9.87. The van der Waals surface area contributed by atoms with Gasteiger partial charge in [-0.2, -0.15) is 0 Å². The van der Waals surface area contributed by atoms with E-state index in [-0.39, 0.29) is 17.7 Å². The minimum atomic E-state index is -4.74. The van der Waals surface area contributed by atoms with Crippen LogP contribution in [0.2, 0.25) is 0 Å². The van der Waals surface area contributed by atoms with Crippen LogP contribution in [0.3, 0.4) is 0 Å². The minimum Gasteiger partial charge on any atom is -0.441 e. The van der Waals surface area contributed by atoms with Crippen molar-refractivity contribution >= 4 is 11.7 Å². The van der Waals surface area contributed by atoms with Gasteiger partial charge in [0.25, 0.3) is 0 Å². The van der Waals surface area contributed by atoms with Crippen molar-refractivity contribution < 1.29 is 32.2 Å². The Kier molecular flexibility index (Phi) is 8.42. The summed E-state index contributed by atoms with van der Waals surface area (Å²) in [5.74, 6) is 0.249. The van der Waals surface area contributed by atoms with Crippen molar-refractivity contribution in [3.63, 3.8) is 0 Å². The van der Waals surface area contributed by atoms with Gasteiger partial charge in [0.15, 0.2) is 5.82 Å². The van der Waals surface area contributed by atoms with Crippen LogP contribution in [0.1, 0.15) is 52.8 Å². The van der Waals surface area contributed by atoms with Crippen LogP contribution in [0.5, 0.6) is 5.75 Å². The van der Waals surface area contributed by atoms with Crippen molar-refractivity contribution in [2.45, 2.75) is 65.0 Å². The van der Waals surface area contributed by atoms with E-state index in [1.54, 1.807) is 0 Å². The van der Waals surface area contributed by atoms with Crippen molar-refractivity contribution in [1.29, 1.82) is 0 Å². The molecule has 1 aromatic heterocycles. The fraction of sp³-hybridized carbons (Fsp3) is 0.542. The number of carbonyl (C=O) groups excluding carboxylic acids is 1. The molecular formula is C24H31F3N4O4. The standard InChI is InChI=1S/C24H31F3N4O4/c1-5-12-33-14-23(3,4)35-22(32)29-20-11-6-17(13-16(20)2)21-28-15-31(30-21)18-7-9-19(10-8-18)34-24(25,26)27/h7-10,13,15-16,20H,5-6,11-12,14H2,1-4H3,(H,29,32). The molecule has 1 aliphatic rings. The minimum absolute atomic E-state index is 0.0245. The number of carbonyl (C=O) groups is 1. The van der Waals surface area contributed by atoms with E-state index in [2.05, 4.69) is 20.1 Å². The second-order valence-electron chi connectivity index (χ2n) is 9.10. The lowest BCUT2D eigenvalue weighted by Crippen LogP contribution is -2.45. The molecule has 2 aromatic rings. The lowest BCUT2D eigenvalue weighted by Gasteiger charge is -2.30. The summed E-state index contributed by atoms with van der Waals surface area (Å²) in [6.07, 6.45) is 0.536. The second kappa shape index (κ2) is 11.1. The topological polar surface area (TPSA) is 87.5 Å². The summed E-state index contributed by atoms with van der Waals surface area (Å²) in [4.78, 5) is 16.8. The predicted octanol–water partition coefficient (Wildman–Crippen LogP) is 5.28. The smallest absolute Gasteiger partial charge is 0.441 e. The number of alkyl carbamates (subject to hydrolysis) is 1. The highest BCUT2D eigenvalue weighted by Crippen LogP contribution is 2.29. The zero-order chi connectivity index (χ0) is 25.6. The number of nitrogens with one attached hydrogen (secondary N) is 1. The van der Waals surface area contributed by atoms with E-state index in [1.165, 1.54) is 35.3 Å². The molecule has 0 radical (unpaired) electrons. The second-order valence-corrected chi connectivity index (χ2v) is 9.10. The van der Waals surface area contributed by atoms with Crippen molar-refractivity contribution in [3.8, 4) is 11.4 Å². The summed E-state index contributed by atoms with van der Waals surface area (Å²) in [5.41, 5.74) is 0.759. The Labute approximate surface area is 202 Å². The third-order valence-corrected chi connectivity index (χ3v) is 5.41. The first-order chi connectivity index (χ1) is 16.5. The third-order valence-electron chi connectivity index (χ3n) is 5.41. The Morgan fingerprint density at radius 3 is 2.57 bits per heavy atom. The molecule has 1 aliphatic carbocycles. The molecule has 2 unspecified atom stereocenters. The van der Waals surface area contributed by atoms with Crippen molar-refractivity contribution in [2.24, 2.45) is 5.92 Å². The summed E-state index contributed by atoms with van der Waals surface area (Å²) < 4.78 is 53.4. The molecule has 0 bridgehead atoms. The van der Waals surface area contributed by atoms with Gasteiger partial charge in [-0.1, -0.05) is 19.9 Å². The fourth-order valence-electron chi connectivity index (χ4n) is 3.74. The highest BCUT2D eigenvalue weighted by Gasteiger charge is 2.31. The van der Waals surface area contributed by atoms with Crippen molar-refractivity contribution in [2.75, 3.05) is 13.2 Å². The molecular weight excluding hydrogens is 465 g/mol. The van der Waals surface area contributed by atoms with E-state index < -0.39 is 18.1 Å². The molecule has 2 atom stereocenters. The number of ether oxygens (including phenoxy) is 3. The zero-order valence-corrected chi connectivity index (χ0v) is 20.3. The summed E-state index contributed by atoms with van der Waals surface area (Å²) >= 11 is 0. The normalized spacial score (nSPS) is 18.7. The molecule has 192 valence electrons. The number of nitrogens with zero attached hydrogens (tertiary/aromatic N) is 3. The fourth-order valence-corrected chi connectivity index (χ4v) is 3.74. The van der Waals surface area contributed by atoms with Gasteiger partial charge in [-0.15, -0.1) is 18.3 Å². The largest absolute Gasteiger partial charge is 0.573 e. The van der Waals surface area contributed by atoms with Gasteiger partial charge in [-0.05, 0) is 68.9 Å². The quantitative estimate of drug-likeness (QED) is 0.476. The van der Waals surface area contributed by atoms with E-state index in [0.717, 1.165) is 12.0 Å². The molecule has 0 saturated heterocycles. The number of hydrogen-bond acceptors (Lipinski definition) is 6. The van der Waals surface area contributed by atoms with Gasteiger partial charge in [0, 0.05) is 12.6 Å². The maximum Gasteiger partial charge on any atom is 0.573 e. The van der Waals surface area contributed by atoms with Crippen LogP contribution < -0.4 is 10.1 Å². The maximum absolute atomic E-state index is 12.4. The average Bonchev–Trinajstić information content (AvgIpc) is 3.24. The monoisotopic (exact) mass is 496 g/mol. The van der Waals surface area contributed by atoms with Gasteiger partial charge in [-0.25, -0.2) is 14.5 Å². The molecule has 0 fully saturated rings. The summed E-state index contributed by atoms with van der Waals surface area (Å²) in [6, 6.07) is 5.29. The molecule has 3 rings (SSSR count). The Bertz CT molecular complexity index is 1020. The van der Waals surface area contributed by atoms with Crippen LogP contribution in [0.15, 0.2) is 36.7 Å². The Morgan fingerprint density at radius 2 is 1.94 bits per heavy atom. The van der Waals surface area contributed by atoms with Crippen LogP contribution in [0.25, 0.3) is 11.3 Å². The molecule has 1 amide bonds. The molecule has 0 saturated carbocycles. The number of halogens is 3. The molecule has 0 spiro atoms. The predicted molar refractivity (Wildman–Crippen MR) is 123 cm³/mol. The number of amides is 1. The van der Waals surface area contributed by atoms with Crippen LogP contribution in [0, 0.1) is 5.92 Å². The van der Waals surface area contributed by atoms with E-state index in [4.69, 9.17) is 9.47 Å². The van der Waals surface area contributed by atoms with E-state index in [9.17, 15) is 18.0 Å². The number of alkyl halides is 3. The van der Waals surface area contributed by atoms with E-state index in [1.807, 2.05) is 33.8 Å². The number of benzene rings is 1. The van der Waals surface area contributed by atoms with Gasteiger partial charge in [0.1, 0.15) is 17.7 Å². The molecule has 1 aromatic carbocycles. The molecule has 11 heteroatoms. The third kappa shape index (κ3) is 7.98. The van der Waals surface area contributed by atoms with Gasteiger partial charge in [0.2, 0.25) is 0 Å². The average molecular weight is 497 g/mol. The highest BCUT2D eigenvalue weighted by atomic mass is 19.4. The molecule has 0 aliphatic heterocycles. The van der Waals surface area contributed by atoms with E-state index >= 15 is 0 Å². The van der Waals surface area contributed by atoms with Gasteiger partial charge in [-0.3, -0.25) is 0 Å². The Morgan fingerprint density at radius 1 is 1.23 bits per heavy atom. The first-order valence-corrected chi connectivity index (χ1v) is 11.5. The Balaban J connectivity index is 1.58. The lowest BCUT2D eigenvalue weighted by molar-refractivity contribution is -0.274. The molecule has 35 heavy (non-hydrogen) atoms. The summed E-state index contributed by atoms with van der Waals surface area (Å²) in [7, 11) is 0. The highest BCUT2D eigenvalue weighted by molar-refractivity contribution is 5.69.